The van der Waals surface area contributed by atoms with Crippen molar-refractivity contribution in [2.24, 2.45) is 11.8 Å². The first-order valence-corrected chi connectivity index (χ1v) is 9.02. The van der Waals surface area contributed by atoms with E-state index in [9.17, 15) is 0 Å². The number of hydrogen-bond acceptors (Lipinski definition) is 4. The molecule has 0 amide bonds. The van der Waals surface area contributed by atoms with E-state index in [0.717, 1.165) is 30.0 Å². The van der Waals surface area contributed by atoms with Crippen LogP contribution in [0, 0.1) is 11.8 Å². The number of nitrogens with one attached hydrogen (secondary N) is 1. The van der Waals surface area contributed by atoms with Gasteiger partial charge in [0.15, 0.2) is 10.8 Å². The molecule has 4 rings (SSSR count). The molecular weight excluding hydrogens is 280 g/mol. The Labute approximate surface area is 130 Å². The molecule has 1 aliphatic heterocycles. The van der Waals surface area contributed by atoms with E-state index in [2.05, 4.69) is 40.0 Å². The van der Waals surface area contributed by atoms with Gasteiger partial charge in [0.1, 0.15) is 0 Å². The number of nitrogens with zero attached hydrogens (tertiary/aromatic N) is 3. The van der Waals surface area contributed by atoms with Crippen LogP contribution in [0.5, 0.6) is 0 Å². The van der Waals surface area contributed by atoms with Gasteiger partial charge >= 0.3 is 0 Å². The van der Waals surface area contributed by atoms with Crippen LogP contribution in [0.25, 0.3) is 4.96 Å². The van der Waals surface area contributed by atoms with E-state index < -0.39 is 0 Å². The Hall–Kier alpha value is -1.07. The highest BCUT2D eigenvalue weighted by molar-refractivity contribution is 7.15. The van der Waals surface area contributed by atoms with E-state index in [4.69, 9.17) is 4.98 Å². The van der Waals surface area contributed by atoms with Gasteiger partial charge in [-0.05, 0) is 37.6 Å². The summed E-state index contributed by atoms with van der Waals surface area (Å²) in [6.07, 6.45) is 6.32. The zero-order chi connectivity index (χ0) is 14.4. The Kier molecular flexibility index (Phi) is 3.42. The van der Waals surface area contributed by atoms with Gasteiger partial charge in [-0.15, -0.1) is 11.3 Å². The highest BCUT2D eigenvalue weighted by Gasteiger charge is 2.39. The zero-order valence-corrected chi connectivity index (χ0v) is 13.7. The van der Waals surface area contributed by atoms with E-state index in [1.807, 2.05) is 0 Å². The van der Waals surface area contributed by atoms with Crippen molar-refractivity contribution in [1.82, 2.24) is 14.7 Å². The fourth-order valence-corrected chi connectivity index (χ4v) is 4.61. The Morgan fingerprint density at radius 2 is 2.33 bits per heavy atom. The number of anilines is 1. The molecule has 21 heavy (non-hydrogen) atoms. The summed E-state index contributed by atoms with van der Waals surface area (Å²) in [4.78, 5) is 8.66. The maximum Gasteiger partial charge on any atom is 0.195 e. The number of rotatable bonds is 5. The van der Waals surface area contributed by atoms with Crippen LogP contribution in [0.2, 0.25) is 0 Å². The van der Waals surface area contributed by atoms with Crippen molar-refractivity contribution >= 4 is 22.1 Å². The third-order valence-corrected chi connectivity index (χ3v) is 5.62. The van der Waals surface area contributed by atoms with E-state index in [0.29, 0.717) is 5.92 Å². The van der Waals surface area contributed by atoms with Gasteiger partial charge in [0.2, 0.25) is 0 Å². The molecule has 0 radical (unpaired) electrons. The third kappa shape index (κ3) is 2.36. The predicted octanol–water partition coefficient (Wildman–Crippen LogP) is 3.13. The number of fused-ring (bicyclic) bond motifs is 3. The van der Waals surface area contributed by atoms with E-state index in [1.165, 1.54) is 37.3 Å². The third-order valence-electron chi connectivity index (χ3n) is 4.87. The maximum absolute atomic E-state index is 4.94. The average molecular weight is 304 g/mol. The smallest absolute Gasteiger partial charge is 0.195 e. The molecule has 2 aromatic rings. The molecule has 4 nitrogen and oxygen atoms in total. The number of piperidine rings is 1. The van der Waals surface area contributed by atoms with Gasteiger partial charge in [0, 0.05) is 30.7 Å². The van der Waals surface area contributed by atoms with Crippen LogP contribution in [0.4, 0.5) is 5.82 Å². The van der Waals surface area contributed by atoms with Crippen molar-refractivity contribution in [1.29, 1.82) is 0 Å². The molecule has 2 aliphatic rings. The molecule has 2 bridgehead atoms. The summed E-state index contributed by atoms with van der Waals surface area (Å²) in [5.41, 5.74) is 1.35. The summed E-state index contributed by atoms with van der Waals surface area (Å²) in [6, 6.07) is 0.739. The Balaban J connectivity index is 1.63. The average Bonchev–Trinajstić information content (AvgIpc) is 3.18. The summed E-state index contributed by atoms with van der Waals surface area (Å²) in [7, 11) is 0. The van der Waals surface area contributed by atoms with Crippen molar-refractivity contribution in [3.05, 3.63) is 17.3 Å². The first kappa shape index (κ1) is 13.6. The number of imidazole rings is 1. The minimum atomic E-state index is 0.683. The Morgan fingerprint density at radius 3 is 3.05 bits per heavy atom. The lowest BCUT2D eigenvalue weighted by Crippen LogP contribution is -2.33. The Morgan fingerprint density at radius 1 is 1.43 bits per heavy atom. The molecule has 2 atom stereocenters. The number of hydrogen-bond donors (Lipinski definition) is 1. The molecule has 1 saturated heterocycles. The van der Waals surface area contributed by atoms with E-state index >= 15 is 0 Å². The SMILES string of the molecule is CC(C)CNCc1c(N2CC3CCC2C3)nc2sccn12. The van der Waals surface area contributed by atoms with Gasteiger partial charge in [-0.1, -0.05) is 13.8 Å². The van der Waals surface area contributed by atoms with Crippen LogP contribution in [0.1, 0.15) is 38.8 Å². The molecule has 2 fully saturated rings. The first-order valence-electron chi connectivity index (χ1n) is 8.14. The van der Waals surface area contributed by atoms with Crippen LogP contribution < -0.4 is 10.2 Å². The van der Waals surface area contributed by atoms with Gasteiger partial charge in [-0.2, -0.15) is 0 Å². The second-order valence-electron chi connectivity index (χ2n) is 6.95. The summed E-state index contributed by atoms with van der Waals surface area (Å²) in [5, 5.41) is 5.73. The molecule has 0 spiro atoms. The summed E-state index contributed by atoms with van der Waals surface area (Å²) in [6.45, 7) is 7.70. The van der Waals surface area contributed by atoms with Gasteiger partial charge in [-0.25, -0.2) is 4.98 Å². The molecule has 114 valence electrons. The summed E-state index contributed by atoms with van der Waals surface area (Å²) >= 11 is 1.74. The fraction of sp³-hybridized carbons (Fsp3) is 0.688. The zero-order valence-electron chi connectivity index (χ0n) is 12.9. The van der Waals surface area contributed by atoms with Crippen LogP contribution in [0.15, 0.2) is 11.6 Å². The van der Waals surface area contributed by atoms with Crippen LogP contribution >= 0.6 is 11.3 Å². The lowest BCUT2D eigenvalue weighted by Gasteiger charge is -2.28. The predicted molar refractivity (Wildman–Crippen MR) is 88.1 cm³/mol. The lowest BCUT2D eigenvalue weighted by atomic mass is 10.1. The molecule has 2 aromatic heterocycles. The van der Waals surface area contributed by atoms with Gasteiger partial charge in [0.25, 0.3) is 0 Å². The van der Waals surface area contributed by atoms with Crippen molar-refractivity contribution in [2.45, 2.75) is 45.7 Å². The maximum atomic E-state index is 4.94. The van der Waals surface area contributed by atoms with Crippen molar-refractivity contribution in [2.75, 3.05) is 18.0 Å². The fourth-order valence-electron chi connectivity index (χ4n) is 3.88. The standard InChI is InChI=1S/C16H24N4S/c1-11(2)8-17-9-14-15(18-16-19(14)5-6-21-16)20-10-12-3-4-13(20)7-12/h5-6,11-13,17H,3-4,7-10H2,1-2H3. The lowest BCUT2D eigenvalue weighted by molar-refractivity contribution is 0.536. The van der Waals surface area contributed by atoms with Crippen LogP contribution in [-0.2, 0) is 6.54 Å². The summed E-state index contributed by atoms with van der Waals surface area (Å²) in [5.74, 6) is 2.83. The molecule has 3 heterocycles. The molecule has 1 saturated carbocycles. The summed E-state index contributed by atoms with van der Waals surface area (Å²) < 4.78 is 2.28. The minimum absolute atomic E-state index is 0.683. The van der Waals surface area contributed by atoms with Gasteiger partial charge in [0.05, 0.1) is 5.69 Å². The van der Waals surface area contributed by atoms with Crippen LogP contribution in [0.3, 0.4) is 0 Å². The highest BCUT2D eigenvalue weighted by atomic mass is 32.1. The van der Waals surface area contributed by atoms with Crippen molar-refractivity contribution in [3.8, 4) is 0 Å². The van der Waals surface area contributed by atoms with E-state index in [-0.39, 0.29) is 0 Å². The minimum Gasteiger partial charge on any atom is -0.352 e. The van der Waals surface area contributed by atoms with Gasteiger partial charge < -0.3 is 10.2 Å². The molecule has 1 aliphatic carbocycles. The normalized spacial score (nSPS) is 24.8. The quantitative estimate of drug-likeness (QED) is 0.921. The molecule has 2 unspecified atom stereocenters. The van der Waals surface area contributed by atoms with Crippen molar-refractivity contribution < 1.29 is 0 Å². The van der Waals surface area contributed by atoms with Crippen LogP contribution in [-0.4, -0.2) is 28.5 Å². The monoisotopic (exact) mass is 304 g/mol. The highest BCUT2D eigenvalue weighted by Crippen LogP contribution is 2.41. The van der Waals surface area contributed by atoms with Crippen molar-refractivity contribution in [3.63, 3.8) is 0 Å². The molecule has 1 N–H and O–H groups in total. The van der Waals surface area contributed by atoms with E-state index in [1.54, 1.807) is 11.3 Å². The first-order chi connectivity index (χ1) is 10.2. The molecule has 5 heteroatoms. The second-order valence-corrected chi connectivity index (χ2v) is 7.82. The molecular formula is C16H24N4S. The molecule has 0 aromatic carbocycles. The van der Waals surface area contributed by atoms with Gasteiger partial charge in [-0.3, -0.25) is 4.40 Å². The number of aromatic nitrogens is 2. The topological polar surface area (TPSA) is 32.6 Å². The second kappa shape index (κ2) is 5.29. The largest absolute Gasteiger partial charge is 0.352 e. The number of thiazole rings is 1. The Bertz CT molecular complexity index is 629.